The zero-order chi connectivity index (χ0) is 21.5. The van der Waals surface area contributed by atoms with Crippen molar-refractivity contribution in [3.05, 3.63) is 41.3 Å². The first-order valence-corrected chi connectivity index (χ1v) is 10.3. The van der Waals surface area contributed by atoms with Crippen molar-refractivity contribution in [1.29, 1.82) is 0 Å². The largest absolute Gasteiger partial charge is 0.307 e. The Morgan fingerprint density at radius 2 is 1.71 bits per heavy atom. The minimum atomic E-state index is -3.80. The molecule has 0 saturated carbocycles. The summed E-state index contributed by atoms with van der Waals surface area (Å²) in [4.78, 5) is 12.5. The molecule has 0 aliphatic heterocycles. The number of carbonyl (C=O) groups excluding carboxylic acids is 1. The van der Waals surface area contributed by atoms with Crippen molar-refractivity contribution >= 4 is 21.7 Å². The van der Waals surface area contributed by atoms with Crippen LogP contribution in [0.25, 0.3) is 0 Å². The van der Waals surface area contributed by atoms with Gasteiger partial charge in [0.15, 0.2) is 0 Å². The lowest BCUT2D eigenvalue weighted by Gasteiger charge is -2.23. The molecule has 0 spiro atoms. The van der Waals surface area contributed by atoms with E-state index in [1.54, 1.807) is 10.7 Å². The van der Waals surface area contributed by atoms with Gasteiger partial charge in [0.05, 0.1) is 21.7 Å². The predicted molar refractivity (Wildman–Crippen MR) is 107 cm³/mol. The van der Waals surface area contributed by atoms with Gasteiger partial charge in [-0.05, 0) is 46.0 Å². The Labute approximate surface area is 165 Å². The Hall–Kier alpha value is -2.26. The van der Waals surface area contributed by atoms with Gasteiger partial charge in [-0.2, -0.15) is 5.10 Å². The predicted octanol–water partition coefficient (Wildman–Crippen LogP) is 3.24. The van der Waals surface area contributed by atoms with Crippen LogP contribution in [0.2, 0.25) is 0 Å². The molecule has 1 aromatic heterocycles. The van der Waals surface area contributed by atoms with Crippen LogP contribution in [0.1, 0.15) is 57.6 Å². The SMILES string of the molecule is CNS(=O)(=O)c1ccc(F)c(C(=O)Nc2cc(C(C)(C)C)nn2C(C)(C)C)c1. The van der Waals surface area contributed by atoms with E-state index in [-0.39, 0.29) is 15.9 Å². The molecule has 9 heteroatoms. The van der Waals surface area contributed by atoms with Crippen LogP contribution in [-0.2, 0) is 21.0 Å². The lowest BCUT2D eigenvalue weighted by molar-refractivity contribution is 0.102. The number of benzene rings is 1. The summed E-state index contributed by atoms with van der Waals surface area (Å²) < 4.78 is 42.0. The molecule has 2 N–H and O–H groups in total. The second-order valence-corrected chi connectivity index (χ2v) is 10.4. The van der Waals surface area contributed by atoms with Crippen LogP contribution in [-0.4, -0.2) is 31.2 Å². The number of rotatable bonds is 4. The maximum absolute atomic E-state index is 14.2. The molecular formula is C19H27FN4O3S. The van der Waals surface area contributed by atoms with Crippen molar-refractivity contribution in [2.75, 3.05) is 12.4 Å². The molecule has 0 radical (unpaired) electrons. The molecule has 0 unspecified atom stereocenters. The highest BCUT2D eigenvalue weighted by Crippen LogP contribution is 2.28. The van der Waals surface area contributed by atoms with Crippen LogP contribution in [0.5, 0.6) is 0 Å². The Morgan fingerprint density at radius 1 is 1.11 bits per heavy atom. The van der Waals surface area contributed by atoms with E-state index in [0.29, 0.717) is 5.82 Å². The molecule has 1 amide bonds. The number of carbonyl (C=O) groups is 1. The van der Waals surface area contributed by atoms with E-state index in [1.165, 1.54) is 7.05 Å². The van der Waals surface area contributed by atoms with Crippen LogP contribution in [0.3, 0.4) is 0 Å². The number of hydrogen-bond acceptors (Lipinski definition) is 4. The van der Waals surface area contributed by atoms with E-state index in [0.717, 1.165) is 23.9 Å². The minimum Gasteiger partial charge on any atom is -0.307 e. The Kier molecular flexibility index (Phi) is 5.73. The second kappa shape index (κ2) is 7.29. The average molecular weight is 411 g/mol. The van der Waals surface area contributed by atoms with Crippen molar-refractivity contribution in [3.63, 3.8) is 0 Å². The number of nitrogens with zero attached hydrogens (tertiary/aromatic N) is 2. The van der Waals surface area contributed by atoms with Gasteiger partial charge in [-0.25, -0.2) is 22.2 Å². The quantitative estimate of drug-likeness (QED) is 0.809. The van der Waals surface area contributed by atoms with E-state index in [9.17, 15) is 17.6 Å². The van der Waals surface area contributed by atoms with Gasteiger partial charge >= 0.3 is 0 Å². The molecule has 2 aromatic rings. The number of sulfonamides is 1. The molecule has 0 aliphatic rings. The van der Waals surface area contributed by atoms with Gasteiger partial charge in [0.1, 0.15) is 11.6 Å². The maximum atomic E-state index is 14.2. The molecule has 0 aliphatic carbocycles. The number of aromatic nitrogens is 2. The van der Waals surface area contributed by atoms with Crippen molar-refractivity contribution < 1.29 is 17.6 Å². The van der Waals surface area contributed by atoms with Gasteiger partial charge < -0.3 is 5.32 Å². The molecule has 7 nitrogen and oxygen atoms in total. The number of amides is 1. The summed E-state index contributed by atoms with van der Waals surface area (Å²) in [5.74, 6) is -1.16. The fraction of sp³-hybridized carbons (Fsp3) is 0.474. The van der Waals surface area contributed by atoms with Gasteiger partial charge in [-0.3, -0.25) is 4.79 Å². The topological polar surface area (TPSA) is 93.1 Å². The third-order valence-corrected chi connectivity index (χ3v) is 5.53. The van der Waals surface area contributed by atoms with E-state index in [1.807, 2.05) is 41.5 Å². The lowest BCUT2D eigenvalue weighted by atomic mass is 9.92. The van der Waals surface area contributed by atoms with Crippen molar-refractivity contribution in [1.82, 2.24) is 14.5 Å². The Balaban J connectivity index is 2.49. The van der Waals surface area contributed by atoms with Crippen molar-refractivity contribution in [2.45, 2.75) is 57.4 Å². The Morgan fingerprint density at radius 3 is 2.21 bits per heavy atom. The van der Waals surface area contributed by atoms with Gasteiger partial charge in [0, 0.05) is 11.5 Å². The van der Waals surface area contributed by atoms with Gasteiger partial charge in [0.25, 0.3) is 5.91 Å². The highest BCUT2D eigenvalue weighted by molar-refractivity contribution is 7.89. The van der Waals surface area contributed by atoms with Gasteiger partial charge in [-0.15, -0.1) is 0 Å². The van der Waals surface area contributed by atoms with Crippen LogP contribution >= 0.6 is 0 Å². The average Bonchev–Trinajstić information content (AvgIpc) is 2.99. The molecule has 1 aromatic carbocycles. The molecule has 0 bridgehead atoms. The summed E-state index contributed by atoms with van der Waals surface area (Å²) in [6.07, 6.45) is 0. The lowest BCUT2D eigenvalue weighted by Crippen LogP contribution is -2.27. The number of hydrogen-bond donors (Lipinski definition) is 2. The third kappa shape index (κ3) is 4.59. The van der Waals surface area contributed by atoms with E-state index < -0.39 is 27.3 Å². The third-order valence-electron chi connectivity index (χ3n) is 4.12. The minimum absolute atomic E-state index is 0.193. The fourth-order valence-corrected chi connectivity index (χ4v) is 3.25. The smallest absolute Gasteiger partial charge is 0.259 e. The summed E-state index contributed by atoms with van der Waals surface area (Å²) in [6.45, 7) is 11.8. The molecule has 0 fully saturated rings. The molecule has 0 atom stereocenters. The van der Waals surface area contributed by atoms with E-state index in [4.69, 9.17) is 0 Å². The maximum Gasteiger partial charge on any atom is 0.259 e. The normalized spacial score (nSPS) is 12.9. The Bertz CT molecular complexity index is 999. The highest BCUT2D eigenvalue weighted by Gasteiger charge is 2.27. The fourth-order valence-electron chi connectivity index (χ4n) is 2.50. The second-order valence-electron chi connectivity index (χ2n) is 8.55. The molecule has 2 rings (SSSR count). The van der Waals surface area contributed by atoms with E-state index in [2.05, 4.69) is 15.1 Å². The molecule has 1 heterocycles. The molecule has 154 valence electrons. The first-order valence-electron chi connectivity index (χ1n) is 8.82. The summed E-state index contributed by atoms with van der Waals surface area (Å²) in [7, 11) is -2.56. The summed E-state index contributed by atoms with van der Waals surface area (Å²) in [5.41, 5.74) is -0.274. The number of nitrogens with one attached hydrogen (secondary N) is 2. The number of anilines is 1. The standard InChI is InChI=1S/C19H27FN4O3S/c1-18(2,3)15-11-16(24(23-15)19(4,5)6)22-17(25)13-10-12(8-9-14(13)20)28(26,27)21-7/h8-11,21H,1-7H3,(H,22,25). The first-order chi connectivity index (χ1) is 12.7. The molecule has 0 saturated heterocycles. The van der Waals surface area contributed by atoms with Gasteiger partial charge in [-0.1, -0.05) is 20.8 Å². The summed E-state index contributed by atoms with van der Waals surface area (Å²) in [6, 6.07) is 4.82. The van der Waals surface area contributed by atoms with Crippen molar-refractivity contribution in [3.8, 4) is 0 Å². The molecule has 28 heavy (non-hydrogen) atoms. The summed E-state index contributed by atoms with van der Waals surface area (Å²) >= 11 is 0. The monoisotopic (exact) mass is 410 g/mol. The zero-order valence-electron chi connectivity index (χ0n) is 17.2. The molecular weight excluding hydrogens is 383 g/mol. The van der Waals surface area contributed by atoms with E-state index >= 15 is 0 Å². The number of halogens is 1. The summed E-state index contributed by atoms with van der Waals surface area (Å²) in [5, 5.41) is 7.26. The van der Waals surface area contributed by atoms with Crippen LogP contribution in [0, 0.1) is 5.82 Å². The van der Waals surface area contributed by atoms with Gasteiger partial charge in [0.2, 0.25) is 10.0 Å². The van der Waals surface area contributed by atoms with Crippen LogP contribution < -0.4 is 10.0 Å². The first kappa shape index (κ1) is 22.0. The van der Waals surface area contributed by atoms with Crippen LogP contribution in [0.15, 0.2) is 29.2 Å². The van der Waals surface area contributed by atoms with Crippen molar-refractivity contribution in [2.24, 2.45) is 0 Å². The zero-order valence-corrected chi connectivity index (χ0v) is 18.0. The van der Waals surface area contributed by atoms with Crippen LogP contribution in [0.4, 0.5) is 10.2 Å². The highest BCUT2D eigenvalue weighted by atomic mass is 32.2.